The van der Waals surface area contributed by atoms with Crippen LogP contribution in [0.1, 0.15) is 210 Å². The lowest BCUT2D eigenvalue weighted by atomic mass is 9.88. The maximum Gasteiger partial charge on any atom is 0.243 e. The molecule has 12 atom stereocenters. The van der Waals surface area contributed by atoms with E-state index >= 15 is 0 Å². The molecule has 1 aromatic carbocycles. The number of allylic oxidation sites excluding steroid dienone is 5. The number of aliphatic hydroxyl groups excluding tert-OH is 1. The van der Waals surface area contributed by atoms with Crippen molar-refractivity contribution in [3.05, 3.63) is 71.7 Å². The van der Waals surface area contributed by atoms with Crippen LogP contribution in [0.5, 0.6) is 0 Å². The molecule has 2 aromatic rings. The Morgan fingerprint density at radius 3 is 1.92 bits per heavy atom. The summed E-state index contributed by atoms with van der Waals surface area (Å²) in [6.45, 7) is 18.0. The van der Waals surface area contributed by atoms with Crippen LogP contribution < -0.4 is 70.5 Å². The zero-order valence-electron chi connectivity index (χ0n) is 66.9. The van der Waals surface area contributed by atoms with Crippen molar-refractivity contribution in [2.75, 3.05) is 53.0 Å². The number of nitrogens with zero attached hydrogens (tertiary/aromatic N) is 1. The van der Waals surface area contributed by atoms with Crippen LogP contribution in [0.3, 0.4) is 0 Å². The molecule has 0 aliphatic heterocycles. The molecule has 3 rings (SSSR count). The lowest BCUT2D eigenvalue weighted by molar-refractivity contribution is -0.135. The Bertz CT molecular complexity index is 3400. The second-order valence-electron chi connectivity index (χ2n) is 30.3. The zero-order chi connectivity index (χ0) is 81.4. The number of primary amides is 1. The van der Waals surface area contributed by atoms with Crippen LogP contribution in [0.2, 0.25) is 0 Å². The number of amides is 3. The number of hydrazine groups is 1. The van der Waals surface area contributed by atoms with Gasteiger partial charge >= 0.3 is 0 Å². The number of Topliss-reactive ketones (excluding diaryl/α,β-unsaturated/α-hetero) is 9. The van der Waals surface area contributed by atoms with Crippen LogP contribution in [0.25, 0.3) is 10.9 Å². The number of unbranched alkanes of at least 4 members (excludes halogenated alkanes) is 6. The number of hydrogen-bond donors (Lipinski definition) is 15. The molecule has 29 heteroatoms. The highest BCUT2D eigenvalue weighted by atomic mass is 16.3. The first-order valence-electron chi connectivity index (χ1n) is 39.0. The third-order valence-corrected chi connectivity index (χ3v) is 20.3. The quantitative estimate of drug-likeness (QED) is 0.0111. The Kier molecular flexibility index (Phi) is 44.2. The summed E-state index contributed by atoms with van der Waals surface area (Å²) in [5.74, 6) is -4.39. The first-order valence-corrected chi connectivity index (χ1v) is 39.0. The zero-order valence-corrected chi connectivity index (χ0v) is 66.9. The number of H-pyrrole nitrogens is 1. The van der Waals surface area contributed by atoms with Gasteiger partial charge in [-0.2, -0.15) is 0 Å². The first-order chi connectivity index (χ1) is 51.6. The lowest BCUT2D eigenvalue weighted by Crippen LogP contribution is -2.61. The average Bonchev–Trinajstić information content (AvgIpc) is 1.79. The number of hydrogen-bond acceptors (Lipinski definition) is 25. The van der Waals surface area contributed by atoms with Crippen molar-refractivity contribution in [2.24, 2.45) is 23.1 Å². The van der Waals surface area contributed by atoms with E-state index in [2.05, 4.69) is 64.3 Å². The second-order valence-corrected chi connectivity index (χ2v) is 30.3. The molecule has 0 spiro atoms. The van der Waals surface area contributed by atoms with E-state index in [1.54, 1.807) is 72.7 Å². The predicted octanol–water partition coefficient (Wildman–Crippen LogP) is 3.93. The summed E-state index contributed by atoms with van der Waals surface area (Å²) in [6, 6.07) is -0.451. The molecular formula is C80H131N15O14. The Labute approximate surface area is 645 Å². The number of benzene rings is 1. The highest BCUT2D eigenvalue weighted by Crippen LogP contribution is 2.25. The normalized spacial score (nSPS) is 16.4. The molecule has 1 heterocycles. The molecular weight excluding hydrogens is 1390 g/mol. The summed E-state index contributed by atoms with van der Waals surface area (Å²) in [7, 11) is 1.65. The van der Waals surface area contributed by atoms with Crippen molar-refractivity contribution >= 4 is 87.0 Å². The van der Waals surface area contributed by atoms with E-state index in [-0.39, 0.29) is 131 Å². The maximum atomic E-state index is 14.7. The van der Waals surface area contributed by atoms with E-state index in [4.69, 9.17) is 17.2 Å². The summed E-state index contributed by atoms with van der Waals surface area (Å²) in [4.78, 5) is 176. The number of nitrogens with one attached hydrogen (secondary N) is 11. The Balaban J connectivity index is 1.75. The molecule has 1 aliphatic rings. The molecule has 1 aromatic heterocycles. The van der Waals surface area contributed by atoms with Crippen LogP contribution in [-0.2, 0) is 68.7 Å². The number of carbonyl (C=O) groups excluding carboxylic acids is 13. The fourth-order valence-electron chi connectivity index (χ4n) is 12.5. The number of nitrogens with two attached hydrogens (primary N) is 3. The largest absolute Gasteiger partial charge is 0.512 e. The van der Waals surface area contributed by atoms with Crippen molar-refractivity contribution in [1.29, 1.82) is 0 Å². The molecule has 29 nitrogen and oxygen atoms in total. The highest BCUT2D eigenvalue weighted by Gasteiger charge is 2.38. The van der Waals surface area contributed by atoms with Crippen molar-refractivity contribution in [3.8, 4) is 0 Å². The number of aromatic nitrogens is 1. The SMILES string of the molecule is CCCC[C@H](NCC(=O)[C@H](C)NCCC(=O)[C@H](C)NCC(=O)[C@](C)(CCC/C=C/CCCCCC[C@@](C)(N)C(=O)CN[C@@H](C)C(C)=O)NC(=O)[C@H](CC(C)C)NC(=O)[C@H](CCC(N)=O)NCN[C@@H](C)C(=O)CC(=O)[C@H](Cc1c[nH]c2ccccc12)N(C)N[C@H](C=O)CC1=CC=C(O)CC1)C(=O)CN[C@@H](C)C(=O)CN. The van der Waals surface area contributed by atoms with Crippen molar-refractivity contribution in [1.82, 2.24) is 63.3 Å². The number of aromatic amines is 1. The van der Waals surface area contributed by atoms with Crippen LogP contribution in [0.4, 0.5) is 0 Å². The molecule has 109 heavy (non-hydrogen) atoms. The summed E-state index contributed by atoms with van der Waals surface area (Å²) in [6.07, 6.45) is 18.8. The summed E-state index contributed by atoms with van der Waals surface area (Å²) >= 11 is 0. The molecule has 18 N–H and O–H groups in total. The van der Waals surface area contributed by atoms with Gasteiger partial charge in [-0.1, -0.05) is 94.9 Å². The van der Waals surface area contributed by atoms with Gasteiger partial charge in [0, 0.05) is 56.6 Å². The fourth-order valence-corrected chi connectivity index (χ4v) is 12.5. The number of rotatable bonds is 63. The molecule has 0 unspecified atom stereocenters. The van der Waals surface area contributed by atoms with Gasteiger partial charge in [0.15, 0.2) is 46.3 Å². The van der Waals surface area contributed by atoms with Crippen molar-refractivity contribution in [2.45, 2.75) is 282 Å². The predicted molar refractivity (Wildman–Crippen MR) is 423 cm³/mol. The minimum Gasteiger partial charge on any atom is -0.512 e. The lowest BCUT2D eigenvalue weighted by Gasteiger charge is -2.33. The van der Waals surface area contributed by atoms with Crippen molar-refractivity contribution in [3.63, 3.8) is 0 Å². The van der Waals surface area contributed by atoms with E-state index in [9.17, 15) is 67.4 Å². The van der Waals surface area contributed by atoms with Gasteiger partial charge in [-0.25, -0.2) is 10.4 Å². The standard InChI is InChI=1S/C80H131N15O14/c1-13-14-27-64(73(104)46-85-55(7)71(102)43-81)89-45-72(103)56(8)84-38-35-68(99)53(5)87-48-75(106)80(11,37-25-21-19-17-15-16-18-20-24-36-79(10,83)74(105)47-86-52(4)57(9)97)93-78(109)66(39-51(2)3)92-77(108)65(33-34-76(82)107)91-50-90-54(6)69(100)42-70(101)67(41-59-44-88-63-28-23-22-26-62(59)63)95(12)94-60(49-96)40-58-29-31-61(98)32-30-58/h17,19,22-23,26,28-29,31,44,49,51-56,60,64-67,84-91,94,98H,13-16,18,20-21,24-25,27,30,32-43,45-48,50,81,83H2,1-12H3,(H2,82,107)(H,92,108)(H,93,109)/b19-17+/t52-,53-,54-,55-,56-,60-,64-,65-,66-,67-,79+,80-/m0/s1. The molecule has 610 valence electrons. The monoisotopic (exact) mass is 1530 g/mol. The van der Waals surface area contributed by atoms with Crippen LogP contribution in [0.15, 0.2) is 66.1 Å². The fraction of sp³-hybridized carbons (Fsp3) is 0.662. The molecule has 0 bridgehead atoms. The number of ketones is 9. The Hall–Kier alpha value is -7.55. The van der Waals surface area contributed by atoms with Gasteiger partial charge < -0.3 is 69.3 Å². The van der Waals surface area contributed by atoms with E-state index in [0.717, 1.165) is 73.3 Å². The second kappa shape index (κ2) is 50.4. The summed E-state index contributed by atoms with van der Waals surface area (Å²) < 4.78 is 0. The molecule has 0 fully saturated rings. The van der Waals surface area contributed by atoms with E-state index in [0.29, 0.717) is 44.9 Å². The molecule has 0 saturated carbocycles. The van der Waals surface area contributed by atoms with Gasteiger partial charge in [0.05, 0.1) is 110 Å². The van der Waals surface area contributed by atoms with Gasteiger partial charge in [-0.15, -0.1) is 0 Å². The molecule has 0 radical (unpaired) electrons. The summed E-state index contributed by atoms with van der Waals surface area (Å²) in [5, 5.41) is 39.3. The van der Waals surface area contributed by atoms with Crippen LogP contribution in [0, 0.1) is 5.92 Å². The van der Waals surface area contributed by atoms with Gasteiger partial charge in [0.1, 0.15) is 18.1 Å². The Morgan fingerprint density at radius 2 is 1.27 bits per heavy atom. The van der Waals surface area contributed by atoms with Gasteiger partial charge in [0.25, 0.3) is 0 Å². The number of fused-ring (bicyclic) bond motifs is 1. The van der Waals surface area contributed by atoms with E-state index in [1.807, 2.05) is 57.3 Å². The first kappa shape index (κ1) is 95.7. The topological polar surface area (TPSA) is 460 Å². The third-order valence-electron chi connectivity index (χ3n) is 20.3. The van der Waals surface area contributed by atoms with Gasteiger partial charge in [0.2, 0.25) is 17.7 Å². The number of likely N-dealkylation sites (N-methyl/N-ethyl adjacent to an activating group) is 1. The summed E-state index contributed by atoms with van der Waals surface area (Å²) in [5.41, 5.74) is 20.7. The Morgan fingerprint density at radius 1 is 0.633 bits per heavy atom. The molecule has 0 saturated heterocycles. The number of aldehydes is 1. The number of carbonyl (C=O) groups is 13. The highest BCUT2D eigenvalue weighted by molar-refractivity contribution is 6.04. The number of para-hydroxylation sites is 1. The average molecular weight is 1530 g/mol. The third kappa shape index (κ3) is 36.0. The minimum atomic E-state index is -1.53. The molecule has 3 amide bonds. The van der Waals surface area contributed by atoms with Crippen molar-refractivity contribution < 1.29 is 67.4 Å². The maximum absolute atomic E-state index is 14.7. The van der Waals surface area contributed by atoms with Crippen LogP contribution in [-0.4, -0.2) is 216 Å². The van der Waals surface area contributed by atoms with Gasteiger partial charge in [-0.3, -0.25) is 68.2 Å². The van der Waals surface area contributed by atoms with E-state index in [1.165, 1.54) is 6.92 Å². The van der Waals surface area contributed by atoms with E-state index < -0.39 is 113 Å². The molecule has 1 aliphatic carbocycles. The van der Waals surface area contributed by atoms with Gasteiger partial charge in [-0.05, 0) is 156 Å². The van der Waals surface area contributed by atoms with Crippen LogP contribution >= 0.6 is 0 Å². The minimum absolute atomic E-state index is 0.00501. The smallest absolute Gasteiger partial charge is 0.243 e. The number of aliphatic hydroxyl groups is 1.